The van der Waals surface area contributed by atoms with Crippen LogP contribution in [0.4, 0.5) is 0 Å². The van der Waals surface area contributed by atoms with E-state index in [0.717, 1.165) is 31.1 Å². The minimum Gasteiger partial charge on any atom is -0.332 e. The van der Waals surface area contributed by atoms with E-state index in [-0.39, 0.29) is 17.1 Å². The summed E-state index contributed by atoms with van der Waals surface area (Å²) in [6.45, 7) is 2.64. The largest absolute Gasteiger partial charge is 0.332 e. The van der Waals surface area contributed by atoms with Crippen molar-refractivity contribution in [2.24, 2.45) is 5.92 Å². The molecule has 1 amide bonds. The minimum absolute atomic E-state index is 0.130. The lowest BCUT2D eigenvalue weighted by Gasteiger charge is -2.26. The second kappa shape index (κ2) is 6.60. The van der Waals surface area contributed by atoms with Crippen LogP contribution in [0.25, 0.3) is 0 Å². The molecule has 1 saturated carbocycles. The summed E-state index contributed by atoms with van der Waals surface area (Å²) in [4.78, 5) is 25.7. The van der Waals surface area contributed by atoms with Gasteiger partial charge in [0, 0.05) is 18.7 Å². The molecule has 18 heavy (non-hydrogen) atoms. The Morgan fingerprint density at radius 2 is 2.00 bits per heavy atom. The van der Waals surface area contributed by atoms with Gasteiger partial charge in [0.25, 0.3) is 0 Å². The standard InChI is InChI=1S/C14H23NO2S/c1-2-13(16)15-9-4-7-12(15)14(17)18-10-8-11-5-3-6-11/h11-12H,2-10H2,1H3/t12-/m0/s1. The van der Waals surface area contributed by atoms with Gasteiger partial charge in [-0.2, -0.15) is 0 Å². The fourth-order valence-electron chi connectivity index (χ4n) is 2.72. The van der Waals surface area contributed by atoms with E-state index in [9.17, 15) is 9.59 Å². The smallest absolute Gasteiger partial charge is 0.222 e. The molecule has 102 valence electrons. The number of likely N-dealkylation sites (tertiary alicyclic amines) is 1. The second-order valence-corrected chi connectivity index (χ2v) is 6.45. The molecule has 0 unspecified atom stereocenters. The monoisotopic (exact) mass is 269 g/mol. The van der Waals surface area contributed by atoms with E-state index in [1.165, 1.54) is 37.4 Å². The molecule has 0 spiro atoms. The topological polar surface area (TPSA) is 37.4 Å². The molecule has 4 heteroatoms. The van der Waals surface area contributed by atoms with Gasteiger partial charge in [0.1, 0.15) is 6.04 Å². The van der Waals surface area contributed by atoms with Crippen LogP contribution < -0.4 is 0 Å². The molecule has 2 rings (SSSR count). The molecule has 0 aromatic rings. The fourth-order valence-corrected chi connectivity index (χ4v) is 3.81. The van der Waals surface area contributed by atoms with E-state index in [1.54, 1.807) is 4.90 Å². The van der Waals surface area contributed by atoms with Gasteiger partial charge in [-0.05, 0) is 25.2 Å². The van der Waals surface area contributed by atoms with Crippen molar-refractivity contribution in [3.8, 4) is 0 Å². The fraction of sp³-hybridized carbons (Fsp3) is 0.857. The summed E-state index contributed by atoms with van der Waals surface area (Å²) in [6, 6.07) is -0.135. The van der Waals surface area contributed by atoms with Crippen LogP contribution in [-0.4, -0.2) is 34.3 Å². The van der Waals surface area contributed by atoms with Crippen molar-refractivity contribution in [1.82, 2.24) is 4.90 Å². The number of carbonyl (C=O) groups is 2. The van der Waals surface area contributed by atoms with Crippen LogP contribution in [0.15, 0.2) is 0 Å². The number of amides is 1. The number of hydrogen-bond acceptors (Lipinski definition) is 3. The second-order valence-electron chi connectivity index (χ2n) is 5.35. The highest BCUT2D eigenvalue weighted by atomic mass is 32.2. The Labute approximate surface area is 114 Å². The molecule has 1 aliphatic carbocycles. The van der Waals surface area contributed by atoms with Crippen LogP contribution in [0.1, 0.15) is 51.9 Å². The van der Waals surface area contributed by atoms with Crippen molar-refractivity contribution < 1.29 is 9.59 Å². The SMILES string of the molecule is CCC(=O)N1CCC[C@H]1C(=O)SCCC1CCC1. The zero-order valence-electron chi connectivity index (χ0n) is 11.2. The highest BCUT2D eigenvalue weighted by molar-refractivity contribution is 8.13. The lowest BCUT2D eigenvalue weighted by atomic mass is 9.84. The summed E-state index contributed by atoms with van der Waals surface area (Å²) in [5.74, 6) is 1.93. The Bertz CT molecular complexity index is 315. The van der Waals surface area contributed by atoms with Gasteiger partial charge in [-0.1, -0.05) is 37.9 Å². The summed E-state index contributed by atoms with van der Waals surface area (Å²) in [5.41, 5.74) is 0. The number of hydrogen-bond donors (Lipinski definition) is 0. The predicted molar refractivity (Wildman–Crippen MR) is 74.4 cm³/mol. The molecule has 1 saturated heterocycles. The van der Waals surface area contributed by atoms with E-state index in [1.807, 2.05) is 6.92 Å². The van der Waals surface area contributed by atoms with Crippen LogP contribution in [0.5, 0.6) is 0 Å². The lowest BCUT2D eigenvalue weighted by Crippen LogP contribution is -2.39. The van der Waals surface area contributed by atoms with Crippen LogP contribution in [0.2, 0.25) is 0 Å². The van der Waals surface area contributed by atoms with Gasteiger partial charge < -0.3 is 4.90 Å². The molecule has 0 aromatic heterocycles. The van der Waals surface area contributed by atoms with E-state index in [2.05, 4.69) is 0 Å². The maximum absolute atomic E-state index is 12.1. The summed E-state index contributed by atoms with van der Waals surface area (Å²) in [5, 5.41) is 0.216. The number of rotatable bonds is 5. The molecule has 0 bridgehead atoms. The minimum atomic E-state index is -0.135. The number of nitrogens with zero attached hydrogens (tertiary/aromatic N) is 1. The Hall–Kier alpha value is -0.510. The molecule has 0 aromatic carbocycles. The normalized spacial score (nSPS) is 24.1. The van der Waals surface area contributed by atoms with Gasteiger partial charge in [0.2, 0.25) is 11.0 Å². The van der Waals surface area contributed by atoms with E-state index in [0.29, 0.717) is 6.42 Å². The van der Waals surface area contributed by atoms with Crippen molar-refractivity contribution >= 4 is 22.8 Å². The van der Waals surface area contributed by atoms with Gasteiger partial charge in [-0.25, -0.2) is 0 Å². The summed E-state index contributed by atoms with van der Waals surface area (Å²) >= 11 is 1.45. The van der Waals surface area contributed by atoms with Gasteiger partial charge in [0.15, 0.2) is 0 Å². The molecule has 3 nitrogen and oxygen atoms in total. The average Bonchev–Trinajstić information content (AvgIpc) is 2.80. The van der Waals surface area contributed by atoms with E-state index >= 15 is 0 Å². The van der Waals surface area contributed by atoms with Gasteiger partial charge in [-0.15, -0.1) is 0 Å². The predicted octanol–water partition coefficient (Wildman–Crippen LogP) is 2.84. The van der Waals surface area contributed by atoms with Crippen LogP contribution in [-0.2, 0) is 9.59 Å². The molecular weight excluding hydrogens is 246 g/mol. The molecule has 1 aliphatic heterocycles. The first kappa shape index (κ1) is 13.9. The van der Waals surface area contributed by atoms with Crippen LogP contribution in [0.3, 0.4) is 0 Å². The van der Waals surface area contributed by atoms with Gasteiger partial charge in [-0.3, -0.25) is 9.59 Å². The number of carbonyl (C=O) groups excluding carboxylic acids is 2. The maximum Gasteiger partial charge on any atom is 0.222 e. The first-order valence-electron chi connectivity index (χ1n) is 7.18. The van der Waals surface area contributed by atoms with Crippen molar-refractivity contribution in [2.45, 2.75) is 57.9 Å². The first-order valence-corrected chi connectivity index (χ1v) is 8.17. The Morgan fingerprint density at radius 1 is 1.22 bits per heavy atom. The molecule has 2 fully saturated rings. The average molecular weight is 269 g/mol. The third kappa shape index (κ3) is 3.28. The highest BCUT2D eigenvalue weighted by Gasteiger charge is 2.33. The molecule has 1 atom stereocenters. The van der Waals surface area contributed by atoms with Crippen molar-refractivity contribution in [3.63, 3.8) is 0 Å². The highest BCUT2D eigenvalue weighted by Crippen LogP contribution is 2.31. The van der Waals surface area contributed by atoms with Gasteiger partial charge >= 0.3 is 0 Å². The summed E-state index contributed by atoms with van der Waals surface area (Å²) in [7, 11) is 0. The Morgan fingerprint density at radius 3 is 2.61 bits per heavy atom. The van der Waals surface area contributed by atoms with Crippen molar-refractivity contribution in [2.75, 3.05) is 12.3 Å². The first-order chi connectivity index (χ1) is 8.72. The maximum atomic E-state index is 12.1. The third-order valence-corrected chi connectivity index (χ3v) is 5.14. The molecule has 0 radical (unpaired) electrons. The van der Waals surface area contributed by atoms with E-state index in [4.69, 9.17) is 0 Å². The zero-order chi connectivity index (χ0) is 13.0. The zero-order valence-corrected chi connectivity index (χ0v) is 12.0. The number of thioether (sulfide) groups is 1. The third-order valence-electron chi connectivity index (χ3n) is 4.14. The Balaban J connectivity index is 1.74. The molecule has 2 aliphatic rings. The Kier molecular flexibility index (Phi) is 5.10. The van der Waals surface area contributed by atoms with Gasteiger partial charge in [0.05, 0.1) is 0 Å². The van der Waals surface area contributed by atoms with E-state index < -0.39 is 0 Å². The molecule has 1 heterocycles. The van der Waals surface area contributed by atoms with Crippen molar-refractivity contribution in [1.29, 1.82) is 0 Å². The summed E-state index contributed by atoms with van der Waals surface area (Å²) in [6.07, 6.45) is 7.58. The molecule has 0 N–H and O–H groups in total. The van der Waals surface area contributed by atoms with Crippen molar-refractivity contribution in [3.05, 3.63) is 0 Å². The van der Waals surface area contributed by atoms with Crippen LogP contribution in [0, 0.1) is 5.92 Å². The molecular formula is C14H23NO2S. The lowest BCUT2D eigenvalue weighted by molar-refractivity contribution is -0.134. The quantitative estimate of drug-likeness (QED) is 0.770. The van der Waals surface area contributed by atoms with Crippen LogP contribution >= 0.6 is 11.8 Å². The summed E-state index contributed by atoms with van der Waals surface area (Å²) < 4.78 is 0.